The molecular formula is C22H17ClF3N5O2. The number of halogens is 4. The molecule has 2 aromatic carbocycles. The summed E-state index contributed by atoms with van der Waals surface area (Å²) in [5.41, 5.74) is 1.33. The Morgan fingerprint density at radius 2 is 1.85 bits per heavy atom. The summed E-state index contributed by atoms with van der Waals surface area (Å²) in [6.45, 7) is 1.46. The summed E-state index contributed by atoms with van der Waals surface area (Å²) < 4.78 is 45.9. The normalized spacial score (nSPS) is 13.5. The van der Waals surface area contributed by atoms with Crippen molar-refractivity contribution in [1.29, 1.82) is 0 Å². The second-order valence-electron chi connectivity index (χ2n) is 7.20. The average Bonchev–Trinajstić information content (AvgIpc) is 3.21. The van der Waals surface area contributed by atoms with E-state index >= 15 is 0 Å². The van der Waals surface area contributed by atoms with Gasteiger partial charge in [-0.15, -0.1) is 10.2 Å². The van der Waals surface area contributed by atoms with Gasteiger partial charge in [0.2, 0.25) is 0 Å². The minimum Gasteiger partial charge on any atom is -0.484 e. The van der Waals surface area contributed by atoms with E-state index in [0.717, 1.165) is 0 Å². The third kappa shape index (κ3) is 5.06. The summed E-state index contributed by atoms with van der Waals surface area (Å²) in [5.74, 6) is -1.17. The molecule has 0 unspecified atom stereocenters. The lowest BCUT2D eigenvalue weighted by atomic mass is 10.0. The molecule has 0 aliphatic rings. The van der Waals surface area contributed by atoms with Crippen LogP contribution in [0.4, 0.5) is 13.2 Å². The Morgan fingerprint density at radius 3 is 2.52 bits per heavy atom. The first-order chi connectivity index (χ1) is 15.7. The highest BCUT2D eigenvalue weighted by Gasteiger charge is 2.40. The molecule has 33 heavy (non-hydrogen) atoms. The van der Waals surface area contributed by atoms with Crippen molar-refractivity contribution in [3.05, 3.63) is 77.6 Å². The fourth-order valence-corrected chi connectivity index (χ4v) is 3.40. The van der Waals surface area contributed by atoms with E-state index in [0.29, 0.717) is 28.0 Å². The van der Waals surface area contributed by atoms with Crippen LogP contribution in [0.3, 0.4) is 0 Å². The van der Waals surface area contributed by atoms with Crippen molar-refractivity contribution in [3.8, 4) is 11.6 Å². The third-order valence-corrected chi connectivity index (χ3v) is 5.04. The van der Waals surface area contributed by atoms with Gasteiger partial charge in [0.05, 0.1) is 17.8 Å². The maximum Gasteiger partial charge on any atom is 0.471 e. The SMILES string of the molecule is C[C@H](NC(=O)C(F)(F)F)[C@@H](Oc1ccc2c(cnn2-c2ccc(Cl)nn2)c1)c1ccccc1. The van der Waals surface area contributed by atoms with Gasteiger partial charge in [0.25, 0.3) is 0 Å². The number of carbonyl (C=O) groups is 1. The van der Waals surface area contributed by atoms with E-state index in [2.05, 4.69) is 15.3 Å². The highest BCUT2D eigenvalue weighted by atomic mass is 35.5. The summed E-state index contributed by atoms with van der Waals surface area (Å²) in [7, 11) is 0. The highest BCUT2D eigenvalue weighted by molar-refractivity contribution is 6.29. The summed E-state index contributed by atoms with van der Waals surface area (Å²) in [4.78, 5) is 11.5. The molecule has 2 heterocycles. The Morgan fingerprint density at radius 1 is 1.09 bits per heavy atom. The van der Waals surface area contributed by atoms with E-state index in [1.165, 1.54) is 6.92 Å². The van der Waals surface area contributed by atoms with E-state index in [-0.39, 0.29) is 5.15 Å². The van der Waals surface area contributed by atoms with Gasteiger partial charge in [0, 0.05) is 5.39 Å². The minimum absolute atomic E-state index is 0.254. The molecular weight excluding hydrogens is 459 g/mol. The highest BCUT2D eigenvalue weighted by Crippen LogP contribution is 2.29. The zero-order chi connectivity index (χ0) is 23.6. The van der Waals surface area contributed by atoms with Gasteiger partial charge in [0.1, 0.15) is 11.9 Å². The predicted molar refractivity (Wildman–Crippen MR) is 115 cm³/mol. The second kappa shape index (κ2) is 9.07. The Balaban J connectivity index is 1.62. The summed E-state index contributed by atoms with van der Waals surface area (Å²) in [5, 5.41) is 15.1. The molecule has 0 aliphatic carbocycles. The molecule has 2 aromatic heterocycles. The summed E-state index contributed by atoms with van der Waals surface area (Å²) in [6, 6.07) is 16.1. The van der Waals surface area contributed by atoms with Gasteiger partial charge in [-0.05, 0) is 42.8 Å². The van der Waals surface area contributed by atoms with E-state index in [1.807, 2.05) is 5.32 Å². The molecule has 0 saturated carbocycles. The van der Waals surface area contributed by atoms with Crippen LogP contribution in [-0.2, 0) is 4.79 Å². The fourth-order valence-electron chi connectivity index (χ4n) is 3.30. The number of ether oxygens (including phenoxy) is 1. The molecule has 0 fully saturated rings. The van der Waals surface area contributed by atoms with Crippen LogP contribution in [0.15, 0.2) is 66.9 Å². The van der Waals surface area contributed by atoms with Gasteiger partial charge in [-0.25, -0.2) is 4.68 Å². The van der Waals surface area contributed by atoms with Crippen molar-refractivity contribution in [2.45, 2.75) is 25.2 Å². The van der Waals surface area contributed by atoms with Crippen LogP contribution in [0.1, 0.15) is 18.6 Å². The lowest BCUT2D eigenvalue weighted by molar-refractivity contribution is -0.174. The molecule has 2 atom stereocenters. The molecule has 11 heteroatoms. The molecule has 1 N–H and O–H groups in total. The molecule has 7 nitrogen and oxygen atoms in total. The lowest BCUT2D eigenvalue weighted by Crippen LogP contribution is -2.45. The van der Waals surface area contributed by atoms with Gasteiger partial charge < -0.3 is 10.1 Å². The lowest BCUT2D eigenvalue weighted by Gasteiger charge is -2.27. The first-order valence-electron chi connectivity index (χ1n) is 9.79. The molecule has 0 bridgehead atoms. The van der Waals surface area contributed by atoms with Gasteiger partial charge in [-0.1, -0.05) is 41.9 Å². The number of amides is 1. The van der Waals surface area contributed by atoms with Crippen molar-refractivity contribution in [2.75, 3.05) is 0 Å². The van der Waals surface area contributed by atoms with Crippen LogP contribution < -0.4 is 10.1 Å². The molecule has 0 spiro atoms. The van der Waals surface area contributed by atoms with Crippen molar-refractivity contribution in [3.63, 3.8) is 0 Å². The number of nitrogens with zero attached hydrogens (tertiary/aromatic N) is 4. The van der Waals surface area contributed by atoms with E-state index in [1.54, 1.807) is 71.5 Å². The van der Waals surface area contributed by atoms with Crippen molar-refractivity contribution < 1.29 is 22.7 Å². The zero-order valence-corrected chi connectivity index (χ0v) is 17.9. The maximum absolute atomic E-state index is 12.8. The smallest absolute Gasteiger partial charge is 0.471 e. The number of aromatic nitrogens is 4. The van der Waals surface area contributed by atoms with Gasteiger partial charge >= 0.3 is 12.1 Å². The molecule has 0 radical (unpaired) electrons. The average molecular weight is 476 g/mol. The number of hydrogen-bond acceptors (Lipinski definition) is 5. The number of nitrogens with one attached hydrogen (secondary N) is 1. The first-order valence-corrected chi connectivity index (χ1v) is 10.2. The predicted octanol–water partition coefficient (Wildman–Crippen LogP) is 4.66. The fraction of sp³-hybridized carbons (Fsp3) is 0.182. The Bertz CT molecular complexity index is 1260. The Kier molecular flexibility index (Phi) is 6.19. The van der Waals surface area contributed by atoms with Gasteiger partial charge in [-0.2, -0.15) is 18.3 Å². The molecule has 4 rings (SSSR count). The molecule has 1 amide bonds. The zero-order valence-electron chi connectivity index (χ0n) is 17.1. The maximum atomic E-state index is 12.8. The molecule has 170 valence electrons. The van der Waals surface area contributed by atoms with Crippen molar-refractivity contribution in [1.82, 2.24) is 25.3 Å². The largest absolute Gasteiger partial charge is 0.484 e. The Labute approximate surface area is 191 Å². The number of hydrogen-bond donors (Lipinski definition) is 1. The molecule has 0 aliphatic heterocycles. The van der Waals surface area contributed by atoms with Gasteiger partial charge in [-0.3, -0.25) is 4.79 Å². The topological polar surface area (TPSA) is 81.9 Å². The van der Waals surface area contributed by atoms with Gasteiger partial charge in [0.15, 0.2) is 11.0 Å². The second-order valence-corrected chi connectivity index (χ2v) is 7.59. The van der Waals surface area contributed by atoms with Crippen molar-refractivity contribution in [2.24, 2.45) is 0 Å². The van der Waals surface area contributed by atoms with Crippen LogP contribution in [0.2, 0.25) is 5.15 Å². The molecule has 4 aromatic rings. The van der Waals surface area contributed by atoms with Crippen molar-refractivity contribution >= 4 is 28.4 Å². The monoisotopic (exact) mass is 475 g/mol. The van der Waals surface area contributed by atoms with Crippen LogP contribution in [-0.4, -0.2) is 38.1 Å². The van der Waals surface area contributed by atoms with Crippen LogP contribution >= 0.6 is 11.6 Å². The Hall–Kier alpha value is -3.66. The molecule has 0 saturated heterocycles. The summed E-state index contributed by atoms with van der Waals surface area (Å²) >= 11 is 5.78. The number of rotatable bonds is 6. The minimum atomic E-state index is -4.99. The van der Waals surface area contributed by atoms with Crippen LogP contribution in [0, 0.1) is 0 Å². The first kappa shape index (κ1) is 22.5. The number of fused-ring (bicyclic) bond motifs is 1. The third-order valence-electron chi connectivity index (χ3n) is 4.84. The van der Waals surface area contributed by atoms with E-state index < -0.39 is 24.2 Å². The quantitative estimate of drug-likeness (QED) is 0.439. The standard InChI is InChI=1S/C22H17ClF3N5O2/c1-13(28-21(32)22(24,25)26)20(14-5-3-2-4-6-14)33-16-7-8-17-15(11-16)12-27-31(17)19-10-9-18(23)29-30-19/h2-13,20H,1H3,(H,28,32)/t13-,20+/m0/s1. The van der Waals surface area contributed by atoms with E-state index in [4.69, 9.17) is 16.3 Å². The number of benzene rings is 2. The van der Waals surface area contributed by atoms with Crippen LogP contribution in [0.25, 0.3) is 16.7 Å². The van der Waals surface area contributed by atoms with Crippen LogP contribution in [0.5, 0.6) is 5.75 Å². The number of alkyl halides is 3. The summed E-state index contributed by atoms with van der Waals surface area (Å²) in [6.07, 6.45) is -4.26. The number of carbonyl (C=O) groups excluding carboxylic acids is 1. The van der Waals surface area contributed by atoms with E-state index in [9.17, 15) is 18.0 Å².